The zero-order valence-corrected chi connectivity index (χ0v) is 16.2. The molecule has 0 spiro atoms. The van der Waals surface area contributed by atoms with E-state index in [1.807, 2.05) is 6.07 Å². The van der Waals surface area contributed by atoms with Crippen LogP contribution in [0.15, 0.2) is 41.5 Å². The summed E-state index contributed by atoms with van der Waals surface area (Å²) in [7, 11) is 0. The van der Waals surface area contributed by atoms with Gasteiger partial charge in [0.25, 0.3) is 0 Å². The van der Waals surface area contributed by atoms with E-state index in [-0.39, 0.29) is 43.7 Å². The van der Waals surface area contributed by atoms with Crippen molar-refractivity contribution in [3.63, 3.8) is 0 Å². The van der Waals surface area contributed by atoms with Crippen LogP contribution in [0.25, 0.3) is 0 Å². The van der Waals surface area contributed by atoms with Crippen molar-refractivity contribution < 1.29 is 20.4 Å². The second-order valence-corrected chi connectivity index (χ2v) is 8.13. The van der Waals surface area contributed by atoms with E-state index in [1.54, 1.807) is 0 Å². The van der Waals surface area contributed by atoms with Crippen LogP contribution in [0.5, 0.6) is 0 Å². The number of aliphatic hydroxyl groups excluding tert-OH is 4. The minimum absolute atomic E-state index is 0.00363. The van der Waals surface area contributed by atoms with Gasteiger partial charge in [0.2, 0.25) is 0 Å². The van der Waals surface area contributed by atoms with Gasteiger partial charge in [0, 0.05) is 17.9 Å². The van der Waals surface area contributed by atoms with Crippen LogP contribution in [0.1, 0.15) is 55.7 Å². The van der Waals surface area contributed by atoms with Crippen LogP contribution >= 0.6 is 0 Å². The van der Waals surface area contributed by atoms with Crippen molar-refractivity contribution >= 4 is 0 Å². The summed E-state index contributed by atoms with van der Waals surface area (Å²) in [6.45, 7) is 2.02. The van der Waals surface area contributed by atoms with Crippen molar-refractivity contribution in [3.8, 4) is 0 Å². The summed E-state index contributed by atoms with van der Waals surface area (Å²) in [5, 5.41) is 39.1. The standard InChI is InChI=1S/C23H32O4/c1-16-19(14-26)10-22(11-20(16)15-27)23(5-3-2-4-6-23)21-8-17(12-24)7-18(9-21)13-25/h7-11,16,19,24-27H,2-6,12-15H2,1H3. The Morgan fingerprint density at radius 2 is 1.52 bits per heavy atom. The Kier molecular flexibility index (Phi) is 6.53. The molecule has 0 saturated heterocycles. The molecule has 1 aromatic rings. The normalized spacial score (nSPS) is 25.1. The molecule has 2 aliphatic carbocycles. The molecule has 1 saturated carbocycles. The maximum Gasteiger partial charge on any atom is 0.0682 e. The predicted octanol–water partition coefficient (Wildman–Crippen LogP) is 2.98. The van der Waals surface area contributed by atoms with Crippen molar-refractivity contribution in [2.24, 2.45) is 11.8 Å². The molecular formula is C23H32O4. The molecule has 3 rings (SSSR count). The lowest BCUT2D eigenvalue weighted by Gasteiger charge is -2.42. The minimum Gasteiger partial charge on any atom is -0.396 e. The first-order valence-corrected chi connectivity index (χ1v) is 10.1. The van der Waals surface area contributed by atoms with Gasteiger partial charge in [0.1, 0.15) is 0 Å². The van der Waals surface area contributed by atoms with Crippen molar-refractivity contribution in [1.29, 1.82) is 0 Å². The third kappa shape index (κ3) is 3.90. The van der Waals surface area contributed by atoms with Crippen LogP contribution < -0.4 is 0 Å². The van der Waals surface area contributed by atoms with Crippen LogP contribution in [-0.2, 0) is 18.6 Å². The number of hydrogen-bond donors (Lipinski definition) is 4. The zero-order valence-electron chi connectivity index (χ0n) is 16.2. The lowest BCUT2D eigenvalue weighted by atomic mass is 9.62. The first-order valence-electron chi connectivity index (χ1n) is 10.1. The molecule has 1 fully saturated rings. The number of allylic oxidation sites excluding steroid dienone is 2. The first-order chi connectivity index (χ1) is 13.1. The fourth-order valence-electron chi connectivity index (χ4n) is 4.85. The molecule has 148 valence electrons. The lowest BCUT2D eigenvalue weighted by Crippen LogP contribution is -2.34. The Balaban J connectivity index is 2.15. The highest BCUT2D eigenvalue weighted by molar-refractivity contribution is 5.48. The average molecular weight is 373 g/mol. The Morgan fingerprint density at radius 1 is 0.889 bits per heavy atom. The number of benzene rings is 1. The fourth-order valence-corrected chi connectivity index (χ4v) is 4.85. The topological polar surface area (TPSA) is 80.9 Å². The van der Waals surface area contributed by atoms with Crippen LogP contribution in [0.3, 0.4) is 0 Å². The maximum atomic E-state index is 9.89. The van der Waals surface area contributed by atoms with E-state index in [1.165, 1.54) is 12.0 Å². The molecule has 0 heterocycles. The van der Waals surface area contributed by atoms with Gasteiger partial charge in [-0.1, -0.05) is 56.5 Å². The van der Waals surface area contributed by atoms with Gasteiger partial charge >= 0.3 is 0 Å². The van der Waals surface area contributed by atoms with Gasteiger partial charge in [-0.2, -0.15) is 0 Å². The molecule has 4 heteroatoms. The van der Waals surface area contributed by atoms with Gasteiger partial charge in [0.05, 0.1) is 19.8 Å². The Morgan fingerprint density at radius 3 is 2.04 bits per heavy atom. The SMILES string of the molecule is CC1C(CO)=CC(C2(c3cc(CO)cc(CO)c3)CCCCC2)=CC1CO. The molecule has 2 unspecified atom stereocenters. The highest BCUT2D eigenvalue weighted by Gasteiger charge is 2.39. The molecule has 0 aromatic heterocycles. The highest BCUT2D eigenvalue weighted by Crippen LogP contribution is 2.48. The fraction of sp³-hybridized carbons (Fsp3) is 0.565. The van der Waals surface area contributed by atoms with E-state index in [4.69, 9.17) is 0 Å². The van der Waals surface area contributed by atoms with Gasteiger partial charge < -0.3 is 20.4 Å². The third-order valence-corrected chi connectivity index (χ3v) is 6.59. The second kappa shape index (κ2) is 8.70. The van der Waals surface area contributed by atoms with Crippen LogP contribution in [-0.4, -0.2) is 33.6 Å². The summed E-state index contributed by atoms with van der Waals surface area (Å²) in [4.78, 5) is 0. The third-order valence-electron chi connectivity index (χ3n) is 6.59. The van der Waals surface area contributed by atoms with E-state index in [0.29, 0.717) is 0 Å². The predicted molar refractivity (Wildman–Crippen MR) is 106 cm³/mol. The molecule has 4 nitrogen and oxygen atoms in total. The minimum atomic E-state index is -0.193. The molecule has 2 atom stereocenters. The van der Waals surface area contributed by atoms with Crippen molar-refractivity contribution in [2.45, 2.75) is 57.7 Å². The molecule has 0 aliphatic heterocycles. The van der Waals surface area contributed by atoms with E-state index < -0.39 is 0 Å². The van der Waals surface area contributed by atoms with E-state index in [2.05, 4.69) is 31.2 Å². The summed E-state index contributed by atoms with van der Waals surface area (Å²) < 4.78 is 0. The molecule has 4 N–H and O–H groups in total. The van der Waals surface area contributed by atoms with Gasteiger partial charge in [0.15, 0.2) is 0 Å². The van der Waals surface area contributed by atoms with Gasteiger partial charge in [-0.25, -0.2) is 0 Å². The van der Waals surface area contributed by atoms with Crippen LogP contribution in [0.2, 0.25) is 0 Å². The average Bonchev–Trinajstić information content (AvgIpc) is 2.73. The number of hydrogen-bond acceptors (Lipinski definition) is 4. The molecule has 2 aliphatic rings. The summed E-state index contributed by atoms with van der Waals surface area (Å²) in [6, 6.07) is 5.97. The van der Waals surface area contributed by atoms with E-state index >= 15 is 0 Å². The van der Waals surface area contributed by atoms with Gasteiger partial charge in [-0.15, -0.1) is 0 Å². The smallest absolute Gasteiger partial charge is 0.0682 e. The number of rotatable bonds is 6. The molecule has 1 aromatic carbocycles. The highest BCUT2D eigenvalue weighted by atomic mass is 16.3. The van der Waals surface area contributed by atoms with Gasteiger partial charge in [-0.05, 0) is 46.6 Å². The largest absolute Gasteiger partial charge is 0.396 e. The Bertz CT molecular complexity index is 691. The lowest BCUT2D eigenvalue weighted by molar-refractivity contribution is 0.211. The molecule has 27 heavy (non-hydrogen) atoms. The first kappa shape index (κ1) is 20.3. The zero-order chi connectivity index (χ0) is 19.4. The monoisotopic (exact) mass is 372 g/mol. The Hall–Kier alpha value is -1.46. The quantitative estimate of drug-likeness (QED) is 0.619. The summed E-state index contributed by atoms with van der Waals surface area (Å²) in [5.41, 5.74) is 4.71. The van der Waals surface area contributed by atoms with Crippen molar-refractivity contribution in [1.82, 2.24) is 0 Å². The molecule has 0 amide bonds. The van der Waals surface area contributed by atoms with Crippen molar-refractivity contribution in [2.75, 3.05) is 13.2 Å². The molecule has 0 bridgehead atoms. The molecular weight excluding hydrogens is 340 g/mol. The summed E-state index contributed by atoms with van der Waals surface area (Å²) in [6.07, 6.45) is 9.78. The summed E-state index contributed by atoms with van der Waals surface area (Å²) in [5.74, 6) is 0.130. The number of aliphatic hydroxyl groups is 4. The summed E-state index contributed by atoms with van der Waals surface area (Å²) >= 11 is 0. The van der Waals surface area contributed by atoms with Crippen LogP contribution in [0, 0.1) is 11.8 Å². The van der Waals surface area contributed by atoms with Gasteiger partial charge in [-0.3, -0.25) is 0 Å². The molecule has 0 radical (unpaired) electrons. The maximum absolute atomic E-state index is 9.89. The van der Waals surface area contributed by atoms with Crippen LogP contribution in [0.4, 0.5) is 0 Å². The van der Waals surface area contributed by atoms with E-state index in [9.17, 15) is 20.4 Å². The Labute approximate surface area is 161 Å². The van der Waals surface area contributed by atoms with Crippen molar-refractivity contribution in [3.05, 3.63) is 58.2 Å². The second-order valence-electron chi connectivity index (χ2n) is 8.13. The van der Waals surface area contributed by atoms with E-state index in [0.717, 1.165) is 47.9 Å².